The van der Waals surface area contributed by atoms with Crippen LogP contribution in [0.5, 0.6) is 0 Å². The Kier molecular flexibility index (Phi) is 6.67. The van der Waals surface area contributed by atoms with Gasteiger partial charge in [0.1, 0.15) is 17.5 Å². The molecule has 0 spiro atoms. The zero-order valence-corrected chi connectivity index (χ0v) is 22.1. The lowest BCUT2D eigenvalue weighted by atomic mass is 9.77. The molecule has 0 radical (unpaired) electrons. The number of aryl methyl sites for hydroxylation is 1. The second-order valence-electron chi connectivity index (χ2n) is 9.93. The molecule has 1 aliphatic carbocycles. The van der Waals surface area contributed by atoms with E-state index < -0.39 is 9.73 Å². The van der Waals surface area contributed by atoms with Crippen molar-refractivity contribution in [2.45, 2.75) is 31.7 Å². The maximum atomic E-state index is 12.2. The van der Waals surface area contributed by atoms with E-state index in [0.717, 1.165) is 30.8 Å². The van der Waals surface area contributed by atoms with Crippen LogP contribution in [0.2, 0.25) is 0 Å². The van der Waals surface area contributed by atoms with Gasteiger partial charge in [-0.1, -0.05) is 12.7 Å². The minimum absolute atomic E-state index is 0.273. The van der Waals surface area contributed by atoms with Crippen molar-refractivity contribution in [3.05, 3.63) is 64.9 Å². The van der Waals surface area contributed by atoms with Gasteiger partial charge in [-0.05, 0) is 78.7 Å². The number of benzene rings is 1. The maximum absolute atomic E-state index is 12.2. The van der Waals surface area contributed by atoms with Crippen molar-refractivity contribution >= 4 is 44.9 Å². The van der Waals surface area contributed by atoms with E-state index in [1.165, 1.54) is 35.7 Å². The van der Waals surface area contributed by atoms with E-state index in [1.807, 2.05) is 0 Å². The predicted molar refractivity (Wildman–Crippen MR) is 148 cm³/mol. The van der Waals surface area contributed by atoms with Crippen LogP contribution in [0.3, 0.4) is 0 Å². The van der Waals surface area contributed by atoms with E-state index >= 15 is 0 Å². The Morgan fingerprint density at radius 1 is 1.22 bits per heavy atom. The zero-order chi connectivity index (χ0) is 26.2. The van der Waals surface area contributed by atoms with Gasteiger partial charge >= 0.3 is 0 Å². The number of aromatic nitrogens is 3. The predicted octanol–water partition coefficient (Wildman–Crippen LogP) is 5.10. The van der Waals surface area contributed by atoms with Crippen molar-refractivity contribution in [2.24, 2.45) is 4.36 Å². The molecule has 1 aliphatic heterocycles. The summed E-state index contributed by atoms with van der Waals surface area (Å²) in [6, 6.07) is 9.99. The van der Waals surface area contributed by atoms with Crippen LogP contribution in [0.1, 0.15) is 46.6 Å². The molecule has 190 valence electrons. The number of rotatable bonds is 6. The first-order chi connectivity index (χ1) is 17.7. The fourth-order valence-electron chi connectivity index (χ4n) is 5.17. The molecule has 2 aromatic heterocycles. The van der Waals surface area contributed by atoms with Crippen LogP contribution >= 0.6 is 0 Å². The number of nitriles is 1. The molecular weight excluding hydrogens is 484 g/mol. The summed E-state index contributed by atoms with van der Waals surface area (Å²) in [7, 11) is -0.229. The molecule has 0 saturated heterocycles. The molecule has 1 unspecified atom stereocenters. The van der Waals surface area contributed by atoms with E-state index in [1.54, 1.807) is 30.7 Å². The molecule has 0 fully saturated rings. The number of pyridine rings is 1. The van der Waals surface area contributed by atoms with Crippen LogP contribution in [0, 0.1) is 11.3 Å². The van der Waals surface area contributed by atoms with Crippen molar-refractivity contribution in [1.82, 2.24) is 19.9 Å². The van der Waals surface area contributed by atoms with Gasteiger partial charge in [-0.25, -0.2) is 14.2 Å². The fraction of sp³-hybridized carbons (Fsp3) is 0.333. The average molecular weight is 515 g/mol. The van der Waals surface area contributed by atoms with Crippen LogP contribution in [0.25, 0.3) is 6.08 Å². The summed E-state index contributed by atoms with van der Waals surface area (Å²) >= 11 is 0. The minimum atomic E-state index is -2.40. The zero-order valence-electron chi connectivity index (χ0n) is 21.3. The van der Waals surface area contributed by atoms with E-state index in [-0.39, 0.29) is 5.56 Å². The Morgan fingerprint density at radius 3 is 2.78 bits per heavy atom. The highest BCUT2D eigenvalue weighted by Crippen LogP contribution is 2.40. The van der Waals surface area contributed by atoms with Gasteiger partial charge in [0.2, 0.25) is 5.95 Å². The van der Waals surface area contributed by atoms with Crippen molar-refractivity contribution in [3.63, 3.8) is 0 Å². The largest absolute Gasteiger partial charge is 0.324 e. The van der Waals surface area contributed by atoms with E-state index in [0.29, 0.717) is 29.3 Å². The lowest BCUT2D eigenvalue weighted by molar-refractivity contribution is 0.266. The molecule has 37 heavy (non-hydrogen) atoms. The standard InChI is InChI=1S/C27H30N8OS/c1-5-17-9-23(31-24(10-17)34-37(3,4)36)32-26-21(13-28)14-29-27(33-26)30-22-11-18-7-6-8-19-15-35(2)16-20(12-22)25(18)19/h5,9-12,14,19H,1,6-8,15-16H2,2-4H3,(H2,29,30,31,32,33). The SMILES string of the molecule is C=Cc1cc(N=S(C)(C)=O)nc(Nc2nc(Nc3cc4c5c(c3)CN(C)CC5CCC4)ncc2C#N)c1. The third kappa shape index (κ3) is 5.63. The van der Waals surface area contributed by atoms with Gasteiger partial charge in [-0.2, -0.15) is 14.6 Å². The third-order valence-corrected chi connectivity index (χ3v) is 7.15. The minimum Gasteiger partial charge on any atom is -0.324 e. The highest BCUT2D eigenvalue weighted by Gasteiger charge is 2.29. The molecule has 0 bridgehead atoms. The van der Waals surface area contributed by atoms with Crippen LogP contribution in [-0.2, 0) is 22.7 Å². The molecule has 1 aromatic carbocycles. The van der Waals surface area contributed by atoms with Crippen molar-refractivity contribution in [1.29, 1.82) is 5.26 Å². The first-order valence-corrected chi connectivity index (χ1v) is 14.5. The molecule has 10 heteroatoms. The molecule has 5 rings (SSSR count). The van der Waals surface area contributed by atoms with Gasteiger partial charge in [-0.15, -0.1) is 0 Å². The van der Waals surface area contributed by atoms with E-state index in [4.69, 9.17) is 0 Å². The number of anilines is 4. The second kappa shape index (κ2) is 9.92. The van der Waals surface area contributed by atoms with Crippen LogP contribution < -0.4 is 10.6 Å². The van der Waals surface area contributed by atoms with Gasteiger partial charge in [0, 0.05) is 41.0 Å². The summed E-state index contributed by atoms with van der Waals surface area (Å²) < 4.78 is 16.4. The number of nitrogens with zero attached hydrogens (tertiary/aromatic N) is 6. The summed E-state index contributed by atoms with van der Waals surface area (Å²) in [5.41, 5.74) is 6.24. The quantitative estimate of drug-likeness (QED) is 0.466. The Morgan fingerprint density at radius 2 is 2.03 bits per heavy atom. The first-order valence-electron chi connectivity index (χ1n) is 12.2. The Balaban J connectivity index is 1.47. The van der Waals surface area contributed by atoms with Crippen LogP contribution in [0.15, 0.2) is 41.4 Å². The maximum Gasteiger partial charge on any atom is 0.229 e. The molecule has 3 heterocycles. The fourth-order valence-corrected chi connectivity index (χ4v) is 5.71. The number of likely N-dealkylation sites (N-methyl/N-ethyl adjacent to an activating group) is 1. The van der Waals surface area contributed by atoms with Crippen LogP contribution in [-0.4, -0.2) is 50.2 Å². The van der Waals surface area contributed by atoms with Crippen LogP contribution in [0.4, 0.5) is 29.1 Å². The second-order valence-corrected chi connectivity index (χ2v) is 12.5. The summed E-state index contributed by atoms with van der Waals surface area (Å²) in [5.74, 6) is 2.02. The van der Waals surface area contributed by atoms with Gasteiger partial charge in [-0.3, -0.25) is 0 Å². The van der Waals surface area contributed by atoms with Crippen molar-refractivity contribution in [2.75, 3.05) is 36.7 Å². The Labute approximate surface area is 217 Å². The lowest BCUT2D eigenvalue weighted by Gasteiger charge is -2.37. The van der Waals surface area contributed by atoms with Gasteiger partial charge in [0.25, 0.3) is 0 Å². The molecule has 1 atom stereocenters. The topological polar surface area (TPSA) is 119 Å². The summed E-state index contributed by atoms with van der Waals surface area (Å²) in [6.45, 7) is 5.85. The number of hydrogen-bond acceptors (Lipinski definition) is 9. The van der Waals surface area contributed by atoms with Gasteiger partial charge < -0.3 is 15.5 Å². The first kappa shape index (κ1) is 24.9. The highest BCUT2D eigenvalue weighted by atomic mass is 32.2. The summed E-state index contributed by atoms with van der Waals surface area (Å²) in [4.78, 5) is 15.8. The average Bonchev–Trinajstić information content (AvgIpc) is 2.83. The van der Waals surface area contributed by atoms with Gasteiger partial charge in [0.05, 0.1) is 6.20 Å². The number of nitrogens with one attached hydrogen (secondary N) is 2. The normalized spacial score (nSPS) is 16.9. The van der Waals surface area contributed by atoms with E-state index in [9.17, 15) is 9.47 Å². The number of hydrogen-bond donors (Lipinski definition) is 2. The van der Waals surface area contributed by atoms with Crippen molar-refractivity contribution in [3.8, 4) is 6.07 Å². The Bertz CT molecular complexity index is 1540. The Hall–Kier alpha value is -3.81. The molecule has 0 saturated carbocycles. The molecular formula is C27H30N8OS. The lowest BCUT2D eigenvalue weighted by Crippen LogP contribution is -2.33. The molecule has 0 amide bonds. The summed E-state index contributed by atoms with van der Waals surface area (Å²) in [6.07, 6.45) is 9.76. The summed E-state index contributed by atoms with van der Waals surface area (Å²) in [5, 5.41) is 16.1. The molecule has 2 aliphatic rings. The molecule has 3 aromatic rings. The smallest absolute Gasteiger partial charge is 0.229 e. The monoisotopic (exact) mass is 514 g/mol. The molecule has 9 nitrogen and oxygen atoms in total. The van der Waals surface area contributed by atoms with E-state index in [2.05, 4.69) is 66.7 Å². The third-order valence-electron chi connectivity index (χ3n) is 6.53. The van der Waals surface area contributed by atoms with Gasteiger partial charge in [0.15, 0.2) is 11.6 Å². The molecule has 2 N–H and O–H groups in total. The van der Waals surface area contributed by atoms with Crippen molar-refractivity contribution < 1.29 is 4.21 Å². The highest BCUT2D eigenvalue weighted by molar-refractivity contribution is 7.92.